The van der Waals surface area contributed by atoms with Crippen LogP contribution in [-0.4, -0.2) is 29.1 Å². The molecular weight excluding hydrogens is 172 g/mol. The molecule has 1 rings (SSSR count). The topological polar surface area (TPSA) is 63.6 Å². The minimum absolute atomic E-state index is 0.00125. The van der Waals surface area contributed by atoms with E-state index < -0.39 is 17.5 Å². The summed E-state index contributed by atoms with van der Waals surface area (Å²) in [5, 5.41) is 8.51. The fourth-order valence-electron chi connectivity index (χ4n) is 1.42. The minimum Gasteiger partial charge on any atom is -0.481 e. The first kappa shape index (κ1) is 10.2. The summed E-state index contributed by atoms with van der Waals surface area (Å²) < 4.78 is 5.37. The Morgan fingerprint density at radius 1 is 1.69 bits per heavy atom. The van der Waals surface area contributed by atoms with E-state index in [9.17, 15) is 9.59 Å². The normalized spacial score (nSPS) is 27.2. The molecule has 1 aliphatic rings. The molecule has 1 saturated heterocycles. The van der Waals surface area contributed by atoms with Gasteiger partial charge >= 0.3 is 5.97 Å². The molecule has 1 atom stereocenters. The highest BCUT2D eigenvalue weighted by molar-refractivity contribution is 5.86. The standard InChI is InChI=1S/C9H14O4/c1-9(2)4-7(10)6(5-13-9)3-8(11)12/h6H,3-5H2,1-2H3,(H,11,12). The van der Waals surface area contributed by atoms with Gasteiger partial charge in [0, 0.05) is 6.42 Å². The van der Waals surface area contributed by atoms with E-state index in [-0.39, 0.29) is 18.8 Å². The van der Waals surface area contributed by atoms with E-state index in [0.29, 0.717) is 6.42 Å². The number of Topliss-reactive ketones (excluding diaryl/α,β-unsaturated/α-hetero) is 1. The molecule has 0 aromatic rings. The number of hydrogen-bond donors (Lipinski definition) is 1. The smallest absolute Gasteiger partial charge is 0.304 e. The number of ketones is 1. The third-order valence-corrected chi connectivity index (χ3v) is 2.15. The lowest BCUT2D eigenvalue weighted by Gasteiger charge is -2.33. The molecule has 1 unspecified atom stereocenters. The van der Waals surface area contributed by atoms with Gasteiger partial charge in [-0.25, -0.2) is 0 Å². The van der Waals surface area contributed by atoms with Gasteiger partial charge in [-0.2, -0.15) is 0 Å². The minimum atomic E-state index is -0.943. The van der Waals surface area contributed by atoms with Gasteiger partial charge < -0.3 is 9.84 Å². The maximum atomic E-state index is 11.4. The van der Waals surface area contributed by atoms with Gasteiger partial charge in [-0.05, 0) is 13.8 Å². The van der Waals surface area contributed by atoms with Gasteiger partial charge in [0.05, 0.1) is 24.5 Å². The molecule has 0 bridgehead atoms. The molecule has 0 amide bonds. The molecule has 0 radical (unpaired) electrons. The predicted octanol–water partition coefficient (Wildman–Crippen LogP) is 0.845. The average Bonchev–Trinajstić information content (AvgIpc) is 1.93. The Labute approximate surface area is 76.9 Å². The van der Waals surface area contributed by atoms with Crippen molar-refractivity contribution in [1.29, 1.82) is 0 Å². The molecule has 0 saturated carbocycles. The molecule has 0 spiro atoms. The summed E-state index contributed by atoms with van der Waals surface area (Å²) >= 11 is 0. The highest BCUT2D eigenvalue weighted by Gasteiger charge is 2.35. The summed E-state index contributed by atoms with van der Waals surface area (Å²) in [6, 6.07) is 0. The van der Waals surface area contributed by atoms with Crippen molar-refractivity contribution in [2.75, 3.05) is 6.61 Å². The Kier molecular flexibility index (Phi) is 2.71. The van der Waals surface area contributed by atoms with E-state index in [1.807, 2.05) is 13.8 Å². The maximum absolute atomic E-state index is 11.4. The van der Waals surface area contributed by atoms with Gasteiger partial charge in [-0.1, -0.05) is 0 Å². The third kappa shape index (κ3) is 2.81. The number of aliphatic carboxylic acids is 1. The van der Waals surface area contributed by atoms with Gasteiger partial charge in [0.25, 0.3) is 0 Å². The Balaban J connectivity index is 2.54. The van der Waals surface area contributed by atoms with Crippen molar-refractivity contribution < 1.29 is 19.4 Å². The van der Waals surface area contributed by atoms with Crippen molar-refractivity contribution in [3.05, 3.63) is 0 Å². The summed E-state index contributed by atoms with van der Waals surface area (Å²) in [6.07, 6.45) is 0.194. The highest BCUT2D eigenvalue weighted by Crippen LogP contribution is 2.26. The monoisotopic (exact) mass is 186 g/mol. The first-order valence-corrected chi connectivity index (χ1v) is 4.29. The second-order valence-electron chi connectivity index (χ2n) is 4.01. The first-order chi connectivity index (χ1) is 5.91. The zero-order chi connectivity index (χ0) is 10.1. The van der Waals surface area contributed by atoms with Crippen LogP contribution >= 0.6 is 0 Å². The fourth-order valence-corrected chi connectivity index (χ4v) is 1.42. The first-order valence-electron chi connectivity index (χ1n) is 4.29. The van der Waals surface area contributed by atoms with E-state index >= 15 is 0 Å². The van der Waals surface area contributed by atoms with Gasteiger partial charge in [0.1, 0.15) is 5.78 Å². The summed E-state index contributed by atoms with van der Waals surface area (Å²) in [5.41, 5.74) is -0.425. The zero-order valence-corrected chi connectivity index (χ0v) is 7.87. The van der Waals surface area contributed by atoms with E-state index in [0.717, 1.165) is 0 Å². The van der Waals surface area contributed by atoms with E-state index in [1.54, 1.807) is 0 Å². The maximum Gasteiger partial charge on any atom is 0.304 e. The van der Waals surface area contributed by atoms with E-state index in [2.05, 4.69) is 0 Å². The van der Waals surface area contributed by atoms with Crippen LogP contribution in [0.15, 0.2) is 0 Å². The molecule has 13 heavy (non-hydrogen) atoms. The van der Waals surface area contributed by atoms with Crippen molar-refractivity contribution in [2.24, 2.45) is 5.92 Å². The largest absolute Gasteiger partial charge is 0.481 e. The number of carboxylic acid groups (broad SMARTS) is 1. The lowest BCUT2D eigenvalue weighted by molar-refractivity contribution is -0.152. The Morgan fingerprint density at radius 3 is 2.77 bits per heavy atom. The van der Waals surface area contributed by atoms with Crippen LogP contribution in [0.5, 0.6) is 0 Å². The Morgan fingerprint density at radius 2 is 2.31 bits per heavy atom. The zero-order valence-electron chi connectivity index (χ0n) is 7.87. The van der Waals surface area contributed by atoms with E-state index in [1.165, 1.54) is 0 Å². The predicted molar refractivity (Wildman–Crippen MR) is 45.4 cm³/mol. The summed E-state index contributed by atoms with van der Waals surface area (Å²) in [5.74, 6) is -1.40. The summed E-state index contributed by atoms with van der Waals surface area (Å²) in [6.45, 7) is 3.90. The molecule has 4 nitrogen and oxygen atoms in total. The molecule has 1 aliphatic heterocycles. The van der Waals surface area contributed by atoms with Gasteiger partial charge in [0.2, 0.25) is 0 Å². The van der Waals surface area contributed by atoms with Gasteiger partial charge in [0.15, 0.2) is 0 Å². The molecule has 0 aromatic heterocycles. The van der Waals surface area contributed by atoms with Crippen molar-refractivity contribution in [1.82, 2.24) is 0 Å². The van der Waals surface area contributed by atoms with Crippen molar-refractivity contribution in [2.45, 2.75) is 32.3 Å². The number of carboxylic acids is 1. The average molecular weight is 186 g/mol. The summed E-state index contributed by atoms with van der Waals surface area (Å²) in [4.78, 5) is 21.8. The molecule has 4 heteroatoms. The van der Waals surface area contributed by atoms with Crippen LogP contribution < -0.4 is 0 Å². The molecule has 0 aromatic carbocycles. The van der Waals surface area contributed by atoms with Gasteiger partial charge in [-0.15, -0.1) is 0 Å². The molecule has 1 N–H and O–H groups in total. The SMILES string of the molecule is CC1(C)CC(=O)C(CC(=O)O)CO1. The van der Waals surface area contributed by atoms with Crippen molar-refractivity contribution in [3.8, 4) is 0 Å². The number of hydrogen-bond acceptors (Lipinski definition) is 3. The van der Waals surface area contributed by atoms with Crippen molar-refractivity contribution >= 4 is 11.8 Å². The molecule has 1 fully saturated rings. The quantitative estimate of drug-likeness (QED) is 0.694. The van der Waals surface area contributed by atoms with E-state index in [4.69, 9.17) is 9.84 Å². The van der Waals surface area contributed by atoms with Crippen LogP contribution in [0, 0.1) is 5.92 Å². The second kappa shape index (κ2) is 3.46. The van der Waals surface area contributed by atoms with Crippen LogP contribution in [0.2, 0.25) is 0 Å². The number of ether oxygens (including phenoxy) is 1. The molecular formula is C9H14O4. The number of carbonyl (C=O) groups is 2. The second-order valence-corrected chi connectivity index (χ2v) is 4.01. The third-order valence-electron chi connectivity index (χ3n) is 2.15. The van der Waals surface area contributed by atoms with Crippen LogP contribution in [0.4, 0.5) is 0 Å². The molecule has 1 heterocycles. The van der Waals surface area contributed by atoms with Gasteiger partial charge in [-0.3, -0.25) is 9.59 Å². The van der Waals surface area contributed by atoms with Crippen LogP contribution in [0.1, 0.15) is 26.7 Å². The number of carbonyl (C=O) groups excluding carboxylic acids is 1. The number of rotatable bonds is 2. The van der Waals surface area contributed by atoms with Crippen LogP contribution in [0.3, 0.4) is 0 Å². The lowest BCUT2D eigenvalue weighted by Crippen LogP contribution is -2.40. The Hall–Kier alpha value is -0.900. The lowest BCUT2D eigenvalue weighted by atomic mass is 9.88. The van der Waals surface area contributed by atoms with Crippen molar-refractivity contribution in [3.63, 3.8) is 0 Å². The van der Waals surface area contributed by atoms with Crippen LogP contribution in [-0.2, 0) is 14.3 Å². The molecule has 74 valence electrons. The Bertz CT molecular complexity index is 232. The van der Waals surface area contributed by atoms with Crippen LogP contribution in [0.25, 0.3) is 0 Å². The molecule has 0 aliphatic carbocycles. The summed E-state index contributed by atoms with van der Waals surface area (Å²) in [7, 11) is 0. The fraction of sp³-hybridized carbons (Fsp3) is 0.778. The highest BCUT2D eigenvalue weighted by atomic mass is 16.5.